The zero-order chi connectivity index (χ0) is 15.6. The van der Waals surface area contributed by atoms with Gasteiger partial charge in [-0.05, 0) is 49.7 Å². The van der Waals surface area contributed by atoms with Crippen molar-refractivity contribution in [2.75, 3.05) is 0 Å². The van der Waals surface area contributed by atoms with Crippen molar-refractivity contribution < 1.29 is 12.6 Å². The van der Waals surface area contributed by atoms with Crippen LogP contribution in [0.15, 0.2) is 29.2 Å². The van der Waals surface area contributed by atoms with Crippen LogP contribution in [0.2, 0.25) is 0 Å². The molecule has 1 aliphatic carbocycles. The molecule has 1 aromatic carbocycles. The van der Waals surface area contributed by atoms with Crippen LogP contribution < -0.4 is 0 Å². The maximum absolute atomic E-state index is 12.5. The first-order valence-electron chi connectivity index (χ1n) is 7.79. The Morgan fingerprint density at radius 1 is 1.14 bits per heavy atom. The van der Waals surface area contributed by atoms with E-state index in [0.717, 1.165) is 24.8 Å². The van der Waals surface area contributed by atoms with Crippen molar-refractivity contribution in [2.24, 2.45) is 17.8 Å². The quantitative estimate of drug-likeness (QED) is 0.784. The van der Waals surface area contributed by atoms with Crippen molar-refractivity contribution in [3.8, 4) is 0 Å². The van der Waals surface area contributed by atoms with Crippen LogP contribution in [0.5, 0.6) is 0 Å². The Balaban J connectivity index is 2.19. The Kier molecular flexibility index (Phi) is 5.10. The molecule has 4 heteroatoms. The summed E-state index contributed by atoms with van der Waals surface area (Å²) in [5.41, 5.74) is 1.04. The first-order chi connectivity index (χ1) is 9.79. The molecular formula is C17H26O3S. The van der Waals surface area contributed by atoms with Gasteiger partial charge in [0.15, 0.2) is 0 Å². The summed E-state index contributed by atoms with van der Waals surface area (Å²) in [6.07, 6.45) is 2.84. The molecule has 0 N–H and O–H groups in total. The van der Waals surface area contributed by atoms with Crippen molar-refractivity contribution >= 4 is 10.1 Å². The fourth-order valence-electron chi connectivity index (χ4n) is 3.15. The van der Waals surface area contributed by atoms with Gasteiger partial charge in [0.05, 0.1) is 11.0 Å². The zero-order valence-corrected chi connectivity index (χ0v) is 14.2. The molecule has 2 rings (SSSR count). The largest absolute Gasteiger partial charge is 0.297 e. The van der Waals surface area contributed by atoms with Gasteiger partial charge in [-0.3, -0.25) is 4.18 Å². The zero-order valence-electron chi connectivity index (χ0n) is 13.4. The molecule has 1 saturated carbocycles. The van der Waals surface area contributed by atoms with Crippen LogP contribution >= 0.6 is 0 Å². The lowest BCUT2D eigenvalue weighted by Crippen LogP contribution is -2.35. The number of aryl methyl sites for hydroxylation is 1. The molecule has 1 aliphatic rings. The molecule has 0 radical (unpaired) electrons. The Bertz CT molecular complexity index is 560. The van der Waals surface area contributed by atoms with Gasteiger partial charge in [0.1, 0.15) is 0 Å². The number of benzene rings is 1. The van der Waals surface area contributed by atoms with Gasteiger partial charge >= 0.3 is 0 Å². The maximum Gasteiger partial charge on any atom is 0.297 e. The molecular weight excluding hydrogens is 284 g/mol. The van der Waals surface area contributed by atoms with E-state index in [4.69, 9.17) is 4.18 Å². The number of hydrogen-bond acceptors (Lipinski definition) is 3. The lowest BCUT2D eigenvalue weighted by atomic mass is 9.75. The predicted octanol–water partition coefficient (Wildman–Crippen LogP) is 4.16. The van der Waals surface area contributed by atoms with Gasteiger partial charge in [-0.1, -0.05) is 44.9 Å². The molecule has 0 aromatic heterocycles. The summed E-state index contributed by atoms with van der Waals surface area (Å²) in [6, 6.07) is 6.86. The number of hydrogen-bond donors (Lipinski definition) is 0. The summed E-state index contributed by atoms with van der Waals surface area (Å²) >= 11 is 0. The van der Waals surface area contributed by atoms with E-state index in [1.165, 1.54) is 0 Å². The normalized spacial score (nSPS) is 27.0. The third kappa shape index (κ3) is 4.07. The van der Waals surface area contributed by atoms with Gasteiger partial charge in [-0.25, -0.2) is 0 Å². The van der Waals surface area contributed by atoms with E-state index in [2.05, 4.69) is 20.8 Å². The van der Waals surface area contributed by atoms with Crippen molar-refractivity contribution in [3.05, 3.63) is 29.8 Å². The van der Waals surface area contributed by atoms with Crippen molar-refractivity contribution in [3.63, 3.8) is 0 Å². The topological polar surface area (TPSA) is 43.4 Å². The fraction of sp³-hybridized carbons (Fsp3) is 0.647. The van der Waals surface area contributed by atoms with Crippen molar-refractivity contribution in [1.82, 2.24) is 0 Å². The molecule has 1 aromatic rings. The van der Waals surface area contributed by atoms with Crippen LogP contribution in [0, 0.1) is 24.7 Å². The minimum Gasteiger partial charge on any atom is -0.263 e. The number of rotatable bonds is 4. The van der Waals surface area contributed by atoms with Crippen molar-refractivity contribution in [1.29, 1.82) is 0 Å². The first-order valence-corrected chi connectivity index (χ1v) is 9.20. The smallest absolute Gasteiger partial charge is 0.263 e. The maximum atomic E-state index is 12.5. The Morgan fingerprint density at radius 2 is 1.76 bits per heavy atom. The van der Waals surface area contributed by atoms with Crippen LogP contribution in [-0.2, 0) is 14.3 Å². The van der Waals surface area contributed by atoms with Crippen molar-refractivity contribution in [2.45, 2.75) is 58.0 Å². The van der Waals surface area contributed by atoms with E-state index in [9.17, 15) is 8.42 Å². The minimum absolute atomic E-state index is 0.194. The molecule has 0 heterocycles. The lowest BCUT2D eigenvalue weighted by Gasteiger charge is -2.36. The molecule has 3 nitrogen and oxygen atoms in total. The van der Waals surface area contributed by atoms with Gasteiger partial charge in [0.2, 0.25) is 0 Å². The van der Waals surface area contributed by atoms with Gasteiger partial charge < -0.3 is 0 Å². The molecule has 118 valence electrons. The molecule has 0 spiro atoms. The fourth-order valence-corrected chi connectivity index (χ4v) is 4.28. The molecule has 0 amide bonds. The summed E-state index contributed by atoms with van der Waals surface area (Å²) < 4.78 is 30.5. The van der Waals surface area contributed by atoms with Gasteiger partial charge in [-0.15, -0.1) is 0 Å². The molecule has 3 atom stereocenters. The molecule has 0 bridgehead atoms. The van der Waals surface area contributed by atoms with E-state index in [1.54, 1.807) is 24.3 Å². The lowest BCUT2D eigenvalue weighted by molar-refractivity contribution is 0.0511. The van der Waals surface area contributed by atoms with E-state index in [-0.39, 0.29) is 11.0 Å². The van der Waals surface area contributed by atoms with Crippen LogP contribution in [-0.4, -0.2) is 14.5 Å². The Labute approximate surface area is 128 Å². The van der Waals surface area contributed by atoms with Gasteiger partial charge in [0.25, 0.3) is 10.1 Å². The van der Waals surface area contributed by atoms with E-state index in [0.29, 0.717) is 17.8 Å². The van der Waals surface area contributed by atoms with Gasteiger partial charge in [-0.2, -0.15) is 8.42 Å². The highest BCUT2D eigenvalue weighted by atomic mass is 32.2. The van der Waals surface area contributed by atoms with Crippen LogP contribution in [0.4, 0.5) is 0 Å². The Morgan fingerprint density at radius 3 is 2.33 bits per heavy atom. The second-order valence-corrected chi connectivity index (χ2v) is 8.30. The summed E-state index contributed by atoms with van der Waals surface area (Å²) in [5, 5.41) is 0. The van der Waals surface area contributed by atoms with Crippen LogP contribution in [0.3, 0.4) is 0 Å². The van der Waals surface area contributed by atoms with Crippen LogP contribution in [0.25, 0.3) is 0 Å². The first kappa shape index (κ1) is 16.5. The molecule has 0 unspecified atom stereocenters. The highest BCUT2D eigenvalue weighted by molar-refractivity contribution is 7.86. The summed E-state index contributed by atoms with van der Waals surface area (Å²) in [5.74, 6) is 1.29. The molecule has 0 aliphatic heterocycles. The second kappa shape index (κ2) is 6.49. The highest BCUT2D eigenvalue weighted by Crippen LogP contribution is 2.36. The van der Waals surface area contributed by atoms with Crippen LogP contribution in [0.1, 0.15) is 45.6 Å². The third-order valence-electron chi connectivity index (χ3n) is 4.52. The molecule has 21 heavy (non-hydrogen) atoms. The highest BCUT2D eigenvalue weighted by Gasteiger charge is 2.35. The standard InChI is InChI=1S/C17H26O3S/c1-12(2)16-10-7-14(4)11-17(16)20-21(18,19)15-8-5-13(3)6-9-15/h5-6,8-9,12,14,16-17H,7,10-11H2,1-4H3/t14-,16-,17+/m1/s1. The second-order valence-electron chi connectivity index (χ2n) is 6.73. The molecule has 0 saturated heterocycles. The SMILES string of the molecule is Cc1ccc(S(=O)(=O)O[C@H]2C[C@H](C)CC[C@@H]2C(C)C)cc1. The Hall–Kier alpha value is -0.870. The van der Waals surface area contributed by atoms with E-state index in [1.807, 2.05) is 6.92 Å². The van der Waals surface area contributed by atoms with E-state index >= 15 is 0 Å². The average Bonchev–Trinajstić information content (AvgIpc) is 2.38. The predicted molar refractivity (Wildman–Crippen MR) is 84.6 cm³/mol. The average molecular weight is 310 g/mol. The summed E-state index contributed by atoms with van der Waals surface area (Å²) in [7, 11) is -3.67. The molecule has 1 fully saturated rings. The summed E-state index contributed by atoms with van der Waals surface area (Å²) in [4.78, 5) is 0.258. The monoisotopic (exact) mass is 310 g/mol. The minimum atomic E-state index is -3.67. The van der Waals surface area contributed by atoms with E-state index < -0.39 is 10.1 Å². The van der Waals surface area contributed by atoms with Gasteiger partial charge in [0, 0.05) is 0 Å². The third-order valence-corrected chi connectivity index (χ3v) is 5.87. The summed E-state index contributed by atoms with van der Waals surface area (Å²) in [6.45, 7) is 8.41.